The topological polar surface area (TPSA) is 64.3 Å². The number of nitrogens with two attached hydrogens (primary N) is 1. The van der Waals surface area contributed by atoms with Gasteiger partial charge in [0.25, 0.3) is 0 Å². The summed E-state index contributed by atoms with van der Waals surface area (Å²) in [7, 11) is 1.58. The average molecular weight is 275 g/mol. The van der Waals surface area contributed by atoms with E-state index < -0.39 is 17.8 Å². The molecule has 1 unspecified atom stereocenters. The van der Waals surface area contributed by atoms with Gasteiger partial charge < -0.3 is 15.8 Å². The molecule has 0 fully saturated rings. The molecule has 100 valence electrons. The largest absolute Gasteiger partial charge is 0.385 e. The lowest BCUT2D eigenvalue weighted by Crippen LogP contribution is -2.36. The van der Waals surface area contributed by atoms with Crippen LogP contribution in [0.5, 0.6) is 0 Å². The highest BCUT2D eigenvalue weighted by Gasteiger charge is 2.15. The predicted molar refractivity (Wildman–Crippen MR) is 69.1 cm³/mol. The van der Waals surface area contributed by atoms with Crippen LogP contribution in [-0.4, -0.2) is 25.7 Å². The zero-order chi connectivity index (χ0) is 13.5. The van der Waals surface area contributed by atoms with Crippen molar-refractivity contribution in [2.75, 3.05) is 19.0 Å². The summed E-state index contributed by atoms with van der Waals surface area (Å²) in [6.07, 6.45) is 1.14. The third-order valence-corrected chi connectivity index (χ3v) is 2.70. The number of anilines is 1. The lowest BCUT2D eigenvalue weighted by Gasteiger charge is -2.12. The molecule has 1 atom stereocenters. The Hall–Kier alpha value is -1.17. The molecular formula is C12H16ClFN2O2. The van der Waals surface area contributed by atoms with Gasteiger partial charge in [-0.1, -0.05) is 17.7 Å². The minimum atomic E-state index is -0.696. The van der Waals surface area contributed by atoms with Crippen LogP contribution in [-0.2, 0) is 9.53 Å². The Bertz CT molecular complexity index is 415. The maximum Gasteiger partial charge on any atom is 0.241 e. The highest BCUT2D eigenvalue weighted by molar-refractivity contribution is 6.31. The lowest BCUT2D eigenvalue weighted by atomic mass is 10.1. The fraction of sp³-hybridized carbons (Fsp3) is 0.417. The average Bonchev–Trinajstić information content (AvgIpc) is 2.35. The van der Waals surface area contributed by atoms with Crippen LogP contribution >= 0.6 is 11.6 Å². The van der Waals surface area contributed by atoms with E-state index in [-0.39, 0.29) is 10.7 Å². The summed E-state index contributed by atoms with van der Waals surface area (Å²) in [6.45, 7) is 0.534. The molecule has 0 saturated carbocycles. The summed E-state index contributed by atoms with van der Waals surface area (Å²) in [5, 5.41) is 2.37. The second-order valence-corrected chi connectivity index (χ2v) is 4.24. The third kappa shape index (κ3) is 4.25. The van der Waals surface area contributed by atoms with Crippen LogP contribution < -0.4 is 11.1 Å². The Morgan fingerprint density at radius 1 is 1.61 bits per heavy atom. The van der Waals surface area contributed by atoms with Gasteiger partial charge in [-0.2, -0.15) is 0 Å². The van der Waals surface area contributed by atoms with Crippen LogP contribution in [0.25, 0.3) is 0 Å². The molecule has 0 heterocycles. The molecule has 0 bridgehead atoms. The van der Waals surface area contributed by atoms with Crippen LogP contribution in [0.2, 0.25) is 5.02 Å². The normalized spacial score (nSPS) is 12.2. The van der Waals surface area contributed by atoms with Gasteiger partial charge >= 0.3 is 0 Å². The first-order valence-corrected chi connectivity index (χ1v) is 5.93. The van der Waals surface area contributed by atoms with Crippen LogP contribution in [0.1, 0.15) is 12.8 Å². The third-order valence-electron chi connectivity index (χ3n) is 2.41. The minimum Gasteiger partial charge on any atom is -0.385 e. The SMILES string of the molecule is COCCCC(N)C(=O)Nc1cccc(Cl)c1F. The van der Waals surface area contributed by atoms with Crippen molar-refractivity contribution < 1.29 is 13.9 Å². The second kappa shape index (κ2) is 7.31. The van der Waals surface area contributed by atoms with E-state index in [4.69, 9.17) is 22.1 Å². The molecular weight excluding hydrogens is 259 g/mol. The number of methoxy groups -OCH3 is 1. The van der Waals surface area contributed by atoms with Crippen molar-refractivity contribution in [1.29, 1.82) is 0 Å². The van der Waals surface area contributed by atoms with Crippen molar-refractivity contribution in [3.05, 3.63) is 29.0 Å². The first-order chi connectivity index (χ1) is 8.56. The highest BCUT2D eigenvalue weighted by Crippen LogP contribution is 2.22. The van der Waals surface area contributed by atoms with E-state index >= 15 is 0 Å². The van der Waals surface area contributed by atoms with E-state index in [1.807, 2.05) is 0 Å². The number of carbonyl (C=O) groups excluding carboxylic acids is 1. The molecule has 1 rings (SSSR count). The van der Waals surface area contributed by atoms with Crippen LogP contribution in [0.15, 0.2) is 18.2 Å². The minimum absolute atomic E-state index is 0.0368. The standard InChI is InChI=1S/C12H16ClFN2O2/c1-18-7-3-5-9(15)12(17)16-10-6-2-4-8(13)11(10)14/h2,4,6,9H,3,5,7,15H2,1H3,(H,16,17). The molecule has 1 amide bonds. The Labute approximate surface area is 110 Å². The maximum atomic E-state index is 13.5. The monoisotopic (exact) mass is 274 g/mol. The molecule has 6 heteroatoms. The molecule has 1 aromatic rings. The van der Waals surface area contributed by atoms with E-state index in [2.05, 4.69) is 5.32 Å². The number of amides is 1. The molecule has 18 heavy (non-hydrogen) atoms. The summed E-state index contributed by atoms with van der Waals surface area (Å²) in [5.41, 5.74) is 5.71. The van der Waals surface area contributed by atoms with E-state index in [1.165, 1.54) is 12.1 Å². The first-order valence-electron chi connectivity index (χ1n) is 5.55. The van der Waals surface area contributed by atoms with Crippen molar-refractivity contribution in [3.8, 4) is 0 Å². The van der Waals surface area contributed by atoms with Crippen molar-refractivity contribution in [2.24, 2.45) is 5.73 Å². The van der Waals surface area contributed by atoms with E-state index in [9.17, 15) is 9.18 Å². The Morgan fingerprint density at radius 2 is 2.33 bits per heavy atom. The number of nitrogens with one attached hydrogen (secondary N) is 1. The molecule has 0 aliphatic carbocycles. The fourth-order valence-electron chi connectivity index (χ4n) is 1.40. The van der Waals surface area contributed by atoms with Crippen molar-refractivity contribution in [1.82, 2.24) is 0 Å². The van der Waals surface area contributed by atoms with Gasteiger partial charge in [-0.05, 0) is 25.0 Å². The Morgan fingerprint density at radius 3 is 3.00 bits per heavy atom. The summed E-state index contributed by atoms with van der Waals surface area (Å²) in [6, 6.07) is 3.70. The number of rotatable bonds is 6. The smallest absolute Gasteiger partial charge is 0.241 e. The number of benzene rings is 1. The van der Waals surface area contributed by atoms with Gasteiger partial charge in [0.05, 0.1) is 16.8 Å². The zero-order valence-corrected chi connectivity index (χ0v) is 10.8. The van der Waals surface area contributed by atoms with Crippen LogP contribution in [0.4, 0.5) is 10.1 Å². The number of hydrogen-bond donors (Lipinski definition) is 2. The van der Waals surface area contributed by atoms with Gasteiger partial charge in [0.2, 0.25) is 5.91 Å². The molecule has 1 aromatic carbocycles. The van der Waals surface area contributed by atoms with Gasteiger partial charge in [0.1, 0.15) is 0 Å². The maximum absolute atomic E-state index is 13.5. The van der Waals surface area contributed by atoms with E-state index in [1.54, 1.807) is 13.2 Å². The van der Waals surface area contributed by atoms with Crippen LogP contribution in [0.3, 0.4) is 0 Å². The first kappa shape index (κ1) is 14.9. The molecule has 0 aliphatic rings. The molecule has 0 spiro atoms. The quantitative estimate of drug-likeness (QED) is 0.782. The summed E-state index contributed by atoms with van der Waals surface area (Å²) >= 11 is 5.61. The molecule has 4 nitrogen and oxygen atoms in total. The molecule has 3 N–H and O–H groups in total. The molecule has 0 aliphatic heterocycles. The van der Waals surface area contributed by atoms with Gasteiger partial charge in [-0.25, -0.2) is 4.39 Å². The predicted octanol–water partition coefficient (Wildman–Crippen LogP) is 2.17. The van der Waals surface area contributed by atoms with Gasteiger partial charge in [-0.3, -0.25) is 4.79 Å². The number of hydrogen-bond acceptors (Lipinski definition) is 3. The van der Waals surface area contributed by atoms with E-state index in [0.29, 0.717) is 19.4 Å². The highest BCUT2D eigenvalue weighted by atomic mass is 35.5. The number of ether oxygens (including phenoxy) is 1. The summed E-state index contributed by atoms with van der Waals surface area (Å²) < 4.78 is 18.4. The molecule has 0 radical (unpaired) electrons. The molecule has 0 aromatic heterocycles. The number of halogens is 2. The van der Waals surface area contributed by atoms with Crippen LogP contribution in [0, 0.1) is 5.82 Å². The van der Waals surface area contributed by atoms with E-state index in [0.717, 1.165) is 0 Å². The van der Waals surface area contributed by atoms with Crippen molar-refractivity contribution >= 4 is 23.2 Å². The lowest BCUT2D eigenvalue weighted by molar-refractivity contribution is -0.117. The van der Waals surface area contributed by atoms with Gasteiger partial charge in [0, 0.05) is 13.7 Å². The van der Waals surface area contributed by atoms with Crippen molar-refractivity contribution in [3.63, 3.8) is 0 Å². The Kier molecular flexibility index (Phi) is 6.04. The van der Waals surface area contributed by atoms with Crippen molar-refractivity contribution in [2.45, 2.75) is 18.9 Å². The number of carbonyl (C=O) groups is 1. The van der Waals surface area contributed by atoms with Gasteiger partial charge in [0.15, 0.2) is 5.82 Å². The zero-order valence-electron chi connectivity index (χ0n) is 10.1. The fourth-order valence-corrected chi connectivity index (χ4v) is 1.58. The Balaban J connectivity index is 2.56. The summed E-state index contributed by atoms with van der Waals surface area (Å²) in [4.78, 5) is 11.7. The molecule has 0 saturated heterocycles. The van der Waals surface area contributed by atoms with Gasteiger partial charge in [-0.15, -0.1) is 0 Å². The second-order valence-electron chi connectivity index (χ2n) is 3.83. The summed E-state index contributed by atoms with van der Waals surface area (Å²) in [5.74, 6) is -1.09.